The van der Waals surface area contributed by atoms with Crippen LogP contribution < -0.4 is 5.32 Å². The molecule has 31 heavy (non-hydrogen) atoms. The van der Waals surface area contributed by atoms with Gasteiger partial charge in [-0.3, -0.25) is 14.7 Å². The minimum absolute atomic E-state index is 0.00900. The van der Waals surface area contributed by atoms with Crippen LogP contribution >= 0.6 is 11.3 Å². The van der Waals surface area contributed by atoms with E-state index in [0.29, 0.717) is 12.2 Å². The van der Waals surface area contributed by atoms with E-state index in [1.165, 1.54) is 11.1 Å². The van der Waals surface area contributed by atoms with Crippen molar-refractivity contribution in [1.82, 2.24) is 24.8 Å². The highest BCUT2D eigenvalue weighted by Gasteiger charge is 2.32. The third-order valence-electron chi connectivity index (χ3n) is 5.53. The molecule has 1 atom stereocenters. The SMILES string of the molecule is O=C(NCc1cccnc1)c1cn2c(n1)C(c1ccccc1)N(Cc1ccsc1)CC2. The van der Waals surface area contributed by atoms with Crippen molar-refractivity contribution in [1.29, 1.82) is 0 Å². The highest BCUT2D eigenvalue weighted by molar-refractivity contribution is 7.07. The second kappa shape index (κ2) is 8.83. The summed E-state index contributed by atoms with van der Waals surface area (Å²) in [6.07, 6.45) is 5.36. The third-order valence-corrected chi connectivity index (χ3v) is 6.27. The lowest BCUT2D eigenvalue weighted by molar-refractivity contribution is 0.0946. The van der Waals surface area contributed by atoms with E-state index in [4.69, 9.17) is 4.98 Å². The Balaban J connectivity index is 1.41. The number of aromatic nitrogens is 3. The molecule has 7 heteroatoms. The molecule has 1 amide bonds. The zero-order chi connectivity index (χ0) is 21.0. The zero-order valence-electron chi connectivity index (χ0n) is 17.0. The number of nitrogens with zero attached hydrogens (tertiary/aromatic N) is 4. The predicted octanol–water partition coefficient (Wildman–Crippen LogP) is 3.87. The van der Waals surface area contributed by atoms with Crippen LogP contribution in [-0.4, -0.2) is 31.9 Å². The highest BCUT2D eigenvalue weighted by atomic mass is 32.1. The number of amides is 1. The maximum Gasteiger partial charge on any atom is 0.271 e. The van der Waals surface area contributed by atoms with Crippen LogP contribution in [0.15, 0.2) is 77.9 Å². The normalized spacial score (nSPS) is 16.1. The maximum absolute atomic E-state index is 12.8. The van der Waals surface area contributed by atoms with Crippen LogP contribution in [0.5, 0.6) is 0 Å². The molecule has 1 aromatic carbocycles. The van der Waals surface area contributed by atoms with Gasteiger partial charge in [0.05, 0.1) is 6.04 Å². The number of benzene rings is 1. The predicted molar refractivity (Wildman–Crippen MR) is 121 cm³/mol. The molecule has 1 N–H and O–H groups in total. The van der Waals surface area contributed by atoms with Gasteiger partial charge in [0.2, 0.25) is 0 Å². The Morgan fingerprint density at radius 3 is 2.77 bits per heavy atom. The molecule has 0 fully saturated rings. The van der Waals surface area contributed by atoms with Crippen molar-refractivity contribution in [2.24, 2.45) is 0 Å². The molecule has 0 aliphatic carbocycles. The molecule has 0 saturated carbocycles. The number of fused-ring (bicyclic) bond motifs is 1. The number of thiophene rings is 1. The van der Waals surface area contributed by atoms with Gasteiger partial charge in [-0.2, -0.15) is 11.3 Å². The van der Waals surface area contributed by atoms with Gasteiger partial charge in [0.1, 0.15) is 11.5 Å². The molecular formula is C24H23N5OS. The molecule has 0 saturated heterocycles. The first-order chi connectivity index (χ1) is 15.3. The van der Waals surface area contributed by atoms with Crippen molar-refractivity contribution in [3.05, 3.63) is 106 Å². The fraction of sp³-hybridized carbons (Fsp3) is 0.208. The number of imidazole rings is 1. The molecule has 156 valence electrons. The van der Waals surface area contributed by atoms with E-state index < -0.39 is 0 Å². The molecule has 5 rings (SSSR count). The Morgan fingerprint density at radius 2 is 2.00 bits per heavy atom. The monoisotopic (exact) mass is 429 g/mol. The lowest BCUT2D eigenvalue weighted by Crippen LogP contribution is -2.38. The van der Waals surface area contributed by atoms with Crippen molar-refractivity contribution in [3.63, 3.8) is 0 Å². The van der Waals surface area contributed by atoms with Crippen molar-refractivity contribution < 1.29 is 4.79 Å². The summed E-state index contributed by atoms with van der Waals surface area (Å²) in [5.74, 6) is 0.751. The van der Waals surface area contributed by atoms with E-state index in [1.54, 1.807) is 23.7 Å². The van der Waals surface area contributed by atoms with Gasteiger partial charge in [-0.25, -0.2) is 4.98 Å². The summed E-state index contributed by atoms with van der Waals surface area (Å²) < 4.78 is 2.13. The number of pyridine rings is 1. The Bertz CT molecular complexity index is 1140. The summed E-state index contributed by atoms with van der Waals surface area (Å²) in [6, 6.07) is 16.4. The van der Waals surface area contributed by atoms with Crippen LogP contribution in [-0.2, 0) is 19.6 Å². The summed E-state index contributed by atoms with van der Waals surface area (Å²) in [4.78, 5) is 24.1. The van der Waals surface area contributed by atoms with Crippen LogP contribution in [0.4, 0.5) is 0 Å². The van der Waals surface area contributed by atoms with E-state index >= 15 is 0 Å². The molecule has 0 radical (unpaired) electrons. The molecule has 1 aliphatic heterocycles. The topological polar surface area (TPSA) is 63.1 Å². The Hall–Kier alpha value is -3.29. The molecule has 6 nitrogen and oxygen atoms in total. The number of hydrogen-bond donors (Lipinski definition) is 1. The highest BCUT2D eigenvalue weighted by Crippen LogP contribution is 2.33. The molecular weight excluding hydrogens is 406 g/mol. The lowest BCUT2D eigenvalue weighted by atomic mass is 10.0. The van der Waals surface area contributed by atoms with Gasteiger partial charge in [0.15, 0.2) is 0 Å². The minimum Gasteiger partial charge on any atom is -0.347 e. The smallest absolute Gasteiger partial charge is 0.271 e. The van der Waals surface area contributed by atoms with E-state index in [1.807, 2.05) is 24.4 Å². The standard InChI is InChI=1S/C24H23N5OS/c30-24(26-14-18-5-4-9-25-13-18)21-16-29-11-10-28(15-19-8-12-31-17-19)22(23(29)27-21)20-6-2-1-3-7-20/h1-9,12-13,16-17,22H,10-11,14-15H2,(H,26,30). The quantitative estimate of drug-likeness (QED) is 0.505. The van der Waals surface area contributed by atoms with Crippen LogP contribution in [0.25, 0.3) is 0 Å². The fourth-order valence-corrected chi connectivity index (χ4v) is 4.68. The molecule has 0 spiro atoms. The van der Waals surface area contributed by atoms with Crippen LogP contribution in [0.3, 0.4) is 0 Å². The zero-order valence-corrected chi connectivity index (χ0v) is 17.8. The van der Waals surface area contributed by atoms with Gasteiger partial charge in [-0.15, -0.1) is 0 Å². The molecule has 1 aliphatic rings. The average molecular weight is 430 g/mol. The van der Waals surface area contributed by atoms with Crippen molar-refractivity contribution in [2.75, 3.05) is 6.54 Å². The fourth-order valence-electron chi connectivity index (χ4n) is 4.02. The first-order valence-corrected chi connectivity index (χ1v) is 11.3. The Labute approximate surface area is 185 Å². The summed E-state index contributed by atoms with van der Waals surface area (Å²) in [7, 11) is 0. The van der Waals surface area contributed by atoms with Gasteiger partial charge in [0.25, 0.3) is 5.91 Å². The van der Waals surface area contributed by atoms with Gasteiger partial charge < -0.3 is 9.88 Å². The number of carbonyl (C=O) groups is 1. The van der Waals surface area contributed by atoms with Crippen molar-refractivity contribution >= 4 is 17.2 Å². The molecule has 3 aromatic heterocycles. The van der Waals surface area contributed by atoms with E-state index in [0.717, 1.165) is 31.0 Å². The van der Waals surface area contributed by atoms with Gasteiger partial charge in [-0.1, -0.05) is 36.4 Å². The van der Waals surface area contributed by atoms with Crippen molar-refractivity contribution in [3.8, 4) is 0 Å². The molecule has 0 bridgehead atoms. The largest absolute Gasteiger partial charge is 0.347 e. The van der Waals surface area contributed by atoms with Gasteiger partial charge in [0, 0.05) is 44.8 Å². The van der Waals surface area contributed by atoms with Crippen LogP contribution in [0.2, 0.25) is 0 Å². The Morgan fingerprint density at radius 1 is 1.10 bits per heavy atom. The van der Waals surface area contributed by atoms with Gasteiger partial charge in [-0.05, 0) is 39.6 Å². The minimum atomic E-state index is -0.165. The molecule has 4 aromatic rings. The van der Waals surface area contributed by atoms with Gasteiger partial charge >= 0.3 is 0 Å². The first-order valence-electron chi connectivity index (χ1n) is 10.3. The number of hydrogen-bond acceptors (Lipinski definition) is 5. The van der Waals surface area contributed by atoms with E-state index in [-0.39, 0.29) is 11.9 Å². The van der Waals surface area contributed by atoms with Crippen LogP contribution in [0.1, 0.15) is 39.0 Å². The summed E-state index contributed by atoms with van der Waals surface area (Å²) in [6.45, 7) is 3.00. The first kappa shape index (κ1) is 19.7. The number of carbonyl (C=O) groups excluding carboxylic acids is 1. The Kier molecular flexibility index (Phi) is 5.60. The summed E-state index contributed by atoms with van der Waals surface area (Å²) in [5, 5.41) is 7.27. The third kappa shape index (κ3) is 4.28. The summed E-state index contributed by atoms with van der Waals surface area (Å²) >= 11 is 1.72. The second-order valence-corrected chi connectivity index (χ2v) is 8.42. The molecule has 1 unspecified atom stereocenters. The van der Waals surface area contributed by atoms with Crippen LogP contribution in [0, 0.1) is 0 Å². The molecule has 4 heterocycles. The number of rotatable bonds is 6. The summed E-state index contributed by atoms with van der Waals surface area (Å²) in [5.41, 5.74) is 3.91. The second-order valence-electron chi connectivity index (χ2n) is 7.64. The maximum atomic E-state index is 12.8. The number of nitrogens with one attached hydrogen (secondary N) is 1. The lowest BCUT2D eigenvalue weighted by Gasteiger charge is -2.36. The van der Waals surface area contributed by atoms with E-state index in [9.17, 15) is 4.79 Å². The van der Waals surface area contributed by atoms with Crippen molar-refractivity contribution in [2.45, 2.75) is 25.7 Å². The average Bonchev–Trinajstić information content (AvgIpc) is 3.48. The van der Waals surface area contributed by atoms with E-state index in [2.05, 4.69) is 60.9 Å².